The number of carbonyl (C=O) groups is 3. The van der Waals surface area contributed by atoms with E-state index in [1.54, 1.807) is 0 Å². The van der Waals surface area contributed by atoms with Crippen LogP contribution in [0.2, 0.25) is 0 Å². The van der Waals surface area contributed by atoms with Crippen LogP contribution >= 0.6 is 0 Å². The second kappa shape index (κ2) is 12.2. The Labute approximate surface area is 195 Å². The lowest BCUT2D eigenvalue weighted by Gasteiger charge is -2.29. The summed E-state index contributed by atoms with van der Waals surface area (Å²) in [6.45, 7) is 3.86. The van der Waals surface area contributed by atoms with Crippen molar-refractivity contribution in [2.24, 2.45) is 5.18 Å². The van der Waals surface area contributed by atoms with E-state index in [4.69, 9.17) is 0 Å². The Morgan fingerprint density at radius 1 is 0.758 bits per heavy atom. The highest BCUT2D eigenvalue weighted by molar-refractivity contribution is 5.79. The van der Waals surface area contributed by atoms with E-state index in [0.29, 0.717) is 38.5 Å². The van der Waals surface area contributed by atoms with Gasteiger partial charge in [0.15, 0.2) is 0 Å². The van der Waals surface area contributed by atoms with Gasteiger partial charge in [-0.15, -0.1) is 4.91 Å². The van der Waals surface area contributed by atoms with Gasteiger partial charge in [0, 0.05) is 35.3 Å². The van der Waals surface area contributed by atoms with Gasteiger partial charge in [0.2, 0.25) is 0 Å². The number of rotatable bonds is 14. The van der Waals surface area contributed by atoms with Gasteiger partial charge in [-0.25, -0.2) is 0 Å². The highest BCUT2D eigenvalue weighted by Crippen LogP contribution is 2.35. The number of nitrogens with zero attached hydrogens (tertiary/aromatic N) is 1. The van der Waals surface area contributed by atoms with Crippen LogP contribution in [-0.4, -0.2) is 22.8 Å². The summed E-state index contributed by atoms with van der Waals surface area (Å²) in [7, 11) is 0. The smallest absolute Gasteiger partial charge is 0.304 e. The van der Waals surface area contributed by atoms with Crippen LogP contribution in [0.4, 0.5) is 0 Å². The van der Waals surface area contributed by atoms with Crippen molar-refractivity contribution in [2.75, 3.05) is 0 Å². The zero-order valence-electron chi connectivity index (χ0n) is 19.5. The molecule has 2 aromatic rings. The average Bonchev–Trinajstić information content (AvgIpc) is 2.79. The van der Waals surface area contributed by atoms with E-state index in [1.165, 1.54) is 0 Å². The normalized spacial score (nSPS) is 14.6. The van der Waals surface area contributed by atoms with Crippen molar-refractivity contribution in [3.8, 4) is 0 Å². The number of carboxylic acids is 1. The van der Waals surface area contributed by atoms with Gasteiger partial charge < -0.3 is 5.11 Å². The molecule has 176 valence electrons. The van der Waals surface area contributed by atoms with Gasteiger partial charge in [-0.2, -0.15) is 0 Å². The number of hydrogen-bond acceptors (Lipinski definition) is 4. The molecule has 0 radical (unpaired) electrons. The molecule has 0 aliphatic carbocycles. The Morgan fingerprint density at radius 3 is 1.58 bits per heavy atom. The number of Topliss-reactive ketones (excluding diaryl/α,β-unsaturated/α-hetero) is 1. The summed E-state index contributed by atoms with van der Waals surface area (Å²) in [4.78, 5) is 46.4. The van der Waals surface area contributed by atoms with E-state index in [1.807, 2.05) is 74.5 Å². The summed E-state index contributed by atoms with van der Waals surface area (Å²) in [5.74, 6) is -1.42. The van der Waals surface area contributed by atoms with Crippen LogP contribution in [0.15, 0.2) is 65.8 Å². The summed E-state index contributed by atoms with van der Waals surface area (Å²) in [5.41, 5.74) is 0.829. The lowest BCUT2D eigenvalue weighted by atomic mass is 9.74. The monoisotopic (exact) mass is 451 g/mol. The van der Waals surface area contributed by atoms with Gasteiger partial charge in [-0.05, 0) is 36.8 Å². The Bertz CT molecular complexity index is 943. The van der Waals surface area contributed by atoms with E-state index in [2.05, 4.69) is 5.18 Å². The maximum atomic E-state index is 12.5. The van der Waals surface area contributed by atoms with Crippen LogP contribution in [0, 0.1) is 4.91 Å². The fourth-order valence-electron chi connectivity index (χ4n) is 4.53. The summed E-state index contributed by atoms with van der Waals surface area (Å²) in [5, 5.41) is 11.9. The Kier molecular flexibility index (Phi) is 9.64. The Hall–Kier alpha value is -3.15. The highest BCUT2D eigenvalue weighted by atomic mass is 16.4. The van der Waals surface area contributed by atoms with Gasteiger partial charge in [0.05, 0.1) is 6.42 Å². The van der Waals surface area contributed by atoms with Crippen LogP contribution in [0.1, 0.15) is 76.3 Å². The molecule has 2 aromatic carbocycles. The summed E-state index contributed by atoms with van der Waals surface area (Å²) < 4.78 is 0. The van der Waals surface area contributed by atoms with Crippen LogP contribution in [0.5, 0.6) is 0 Å². The first-order chi connectivity index (χ1) is 15.7. The molecule has 1 N–H and O–H groups in total. The molecule has 0 heterocycles. The van der Waals surface area contributed by atoms with Crippen molar-refractivity contribution in [1.29, 1.82) is 0 Å². The molecule has 6 heteroatoms. The van der Waals surface area contributed by atoms with E-state index in [-0.39, 0.29) is 18.6 Å². The number of benzene rings is 2. The fourth-order valence-corrected chi connectivity index (χ4v) is 4.53. The number of amides is 1. The quantitative estimate of drug-likeness (QED) is 0.357. The van der Waals surface area contributed by atoms with Crippen molar-refractivity contribution >= 4 is 17.7 Å². The van der Waals surface area contributed by atoms with Gasteiger partial charge in [0.1, 0.15) is 5.78 Å². The summed E-state index contributed by atoms with van der Waals surface area (Å²) in [6, 6.07) is 19.1. The SMILES string of the molecule is CC(CCCC(=O)CCCC(C)(CC(=O)N=O)c1ccccc1)(CC(=O)O)c1ccccc1. The Balaban J connectivity index is 1.91. The topological polar surface area (TPSA) is 101 Å². The summed E-state index contributed by atoms with van der Waals surface area (Å²) >= 11 is 0. The van der Waals surface area contributed by atoms with Gasteiger partial charge >= 0.3 is 5.97 Å². The first-order valence-corrected chi connectivity index (χ1v) is 11.4. The Morgan fingerprint density at radius 2 is 1.18 bits per heavy atom. The molecule has 0 aliphatic rings. The first kappa shape index (κ1) is 26.1. The summed E-state index contributed by atoms with van der Waals surface area (Å²) in [6.07, 6.45) is 3.20. The van der Waals surface area contributed by atoms with Gasteiger partial charge in [-0.3, -0.25) is 14.4 Å². The zero-order chi connectivity index (χ0) is 24.3. The number of hydrogen-bond donors (Lipinski definition) is 1. The van der Waals surface area contributed by atoms with Gasteiger partial charge in [-0.1, -0.05) is 74.5 Å². The van der Waals surface area contributed by atoms with Crippen molar-refractivity contribution in [1.82, 2.24) is 0 Å². The minimum Gasteiger partial charge on any atom is -0.481 e. The molecule has 33 heavy (non-hydrogen) atoms. The largest absolute Gasteiger partial charge is 0.481 e. The number of ketones is 1. The van der Waals surface area contributed by atoms with Gasteiger partial charge in [0.25, 0.3) is 5.91 Å². The van der Waals surface area contributed by atoms with Crippen LogP contribution < -0.4 is 0 Å². The molecule has 1 amide bonds. The average molecular weight is 452 g/mol. The lowest BCUT2D eigenvalue weighted by Crippen LogP contribution is -2.26. The molecule has 0 fully saturated rings. The second-order valence-corrected chi connectivity index (χ2v) is 9.33. The molecular formula is C27H33NO5. The number of aliphatic carboxylic acids is 1. The minimum atomic E-state index is -0.854. The molecule has 0 saturated heterocycles. The molecule has 0 spiro atoms. The van der Waals surface area contributed by atoms with Crippen LogP contribution in [0.3, 0.4) is 0 Å². The fraction of sp³-hybridized carbons (Fsp3) is 0.444. The number of carboxylic acid groups (broad SMARTS) is 1. The third kappa shape index (κ3) is 8.04. The third-order valence-corrected chi connectivity index (χ3v) is 6.49. The predicted molar refractivity (Wildman–Crippen MR) is 128 cm³/mol. The van der Waals surface area contributed by atoms with E-state index < -0.39 is 22.7 Å². The first-order valence-electron chi connectivity index (χ1n) is 11.4. The third-order valence-electron chi connectivity index (χ3n) is 6.49. The number of nitroso groups, excluding NO2 is 1. The van der Waals surface area contributed by atoms with Crippen molar-refractivity contribution in [2.45, 2.75) is 76.0 Å². The van der Waals surface area contributed by atoms with Crippen LogP contribution in [0.25, 0.3) is 0 Å². The highest BCUT2D eigenvalue weighted by Gasteiger charge is 2.31. The van der Waals surface area contributed by atoms with E-state index in [0.717, 1.165) is 11.1 Å². The standard InChI is InChI=1S/C27H33NO5/c1-26(19-24(30)28-33,21-11-5-3-6-12-21)17-9-15-23(29)16-10-18-27(2,20-25(31)32)22-13-7-4-8-14-22/h3-8,11-14H,9-10,15-20H2,1-2H3,(H,31,32). The van der Waals surface area contributed by atoms with Crippen molar-refractivity contribution in [3.63, 3.8) is 0 Å². The van der Waals surface area contributed by atoms with E-state index in [9.17, 15) is 24.4 Å². The molecule has 2 atom stereocenters. The molecule has 2 rings (SSSR count). The minimum absolute atomic E-state index is 0.0132. The lowest BCUT2D eigenvalue weighted by molar-refractivity contribution is -0.138. The zero-order valence-corrected chi connectivity index (χ0v) is 19.5. The molecular weight excluding hydrogens is 418 g/mol. The maximum Gasteiger partial charge on any atom is 0.304 e. The molecule has 0 saturated carbocycles. The van der Waals surface area contributed by atoms with Crippen molar-refractivity contribution in [3.05, 3.63) is 76.7 Å². The predicted octanol–water partition coefficient (Wildman–Crippen LogP) is 5.97. The number of carbonyl (C=O) groups excluding carboxylic acids is 2. The maximum absolute atomic E-state index is 12.5. The molecule has 2 unspecified atom stereocenters. The molecule has 0 aromatic heterocycles. The molecule has 6 nitrogen and oxygen atoms in total. The second-order valence-electron chi connectivity index (χ2n) is 9.33. The van der Waals surface area contributed by atoms with Crippen LogP contribution in [-0.2, 0) is 25.2 Å². The van der Waals surface area contributed by atoms with E-state index >= 15 is 0 Å². The molecule has 0 bridgehead atoms. The van der Waals surface area contributed by atoms with Crippen molar-refractivity contribution < 1.29 is 19.5 Å². The molecule has 0 aliphatic heterocycles.